The second-order valence-corrected chi connectivity index (χ2v) is 6.47. The van der Waals surface area contributed by atoms with Gasteiger partial charge in [0.05, 0.1) is 21.5 Å². The highest BCUT2D eigenvalue weighted by Crippen LogP contribution is 2.25. The zero-order valence-corrected chi connectivity index (χ0v) is 13.2. The topological polar surface area (TPSA) is 46.3 Å². The molecule has 0 aliphatic rings. The number of anilines is 1. The van der Waals surface area contributed by atoms with Crippen molar-refractivity contribution in [1.29, 1.82) is 0 Å². The number of nitrogens with two attached hydrogens (primary N) is 1. The first-order valence-corrected chi connectivity index (χ1v) is 7.67. The Morgan fingerprint density at radius 1 is 1.30 bits per heavy atom. The normalized spacial score (nSPS) is 10.6. The van der Waals surface area contributed by atoms with Crippen molar-refractivity contribution in [3.05, 3.63) is 50.1 Å². The zero-order chi connectivity index (χ0) is 14.7. The molecular formula is C14H14Cl2N2OS. The van der Waals surface area contributed by atoms with E-state index in [1.54, 1.807) is 23.1 Å². The molecule has 6 heteroatoms. The summed E-state index contributed by atoms with van der Waals surface area (Å²) in [4.78, 5) is 15.3. The highest BCUT2D eigenvalue weighted by molar-refractivity contribution is 7.16. The van der Waals surface area contributed by atoms with Crippen LogP contribution in [0, 0.1) is 0 Å². The van der Waals surface area contributed by atoms with Gasteiger partial charge < -0.3 is 10.6 Å². The molecule has 0 unspecified atom stereocenters. The lowest BCUT2D eigenvalue weighted by atomic mass is 10.1. The van der Waals surface area contributed by atoms with Crippen LogP contribution >= 0.6 is 34.5 Å². The third-order valence-electron chi connectivity index (χ3n) is 2.87. The number of thiophene rings is 1. The minimum absolute atomic E-state index is 0.109. The molecule has 106 valence electrons. The predicted octanol–water partition coefficient (Wildman–Crippen LogP) is 4.30. The van der Waals surface area contributed by atoms with Crippen LogP contribution in [-0.4, -0.2) is 17.4 Å². The van der Waals surface area contributed by atoms with Gasteiger partial charge in [-0.05, 0) is 37.3 Å². The lowest BCUT2D eigenvalue weighted by Gasteiger charge is -2.20. The molecule has 20 heavy (non-hydrogen) atoms. The molecule has 0 bridgehead atoms. The molecule has 0 atom stereocenters. The van der Waals surface area contributed by atoms with Gasteiger partial charge >= 0.3 is 0 Å². The van der Waals surface area contributed by atoms with Crippen LogP contribution in [0.15, 0.2) is 30.3 Å². The predicted molar refractivity (Wildman–Crippen MR) is 85.6 cm³/mol. The quantitative estimate of drug-likeness (QED) is 0.850. The van der Waals surface area contributed by atoms with E-state index < -0.39 is 0 Å². The SMILES string of the molecule is CCN(Cc1ccc(Cl)s1)C(=O)c1ccc(N)cc1Cl. The molecule has 0 spiro atoms. The van der Waals surface area contributed by atoms with E-state index in [1.165, 1.54) is 11.3 Å². The minimum atomic E-state index is -0.109. The van der Waals surface area contributed by atoms with E-state index in [0.717, 1.165) is 4.88 Å². The molecule has 2 aromatic rings. The molecule has 0 fully saturated rings. The molecule has 0 aliphatic carbocycles. The molecule has 1 aromatic heterocycles. The summed E-state index contributed by atoms with van der Waals surface area (Å²) in [5.74, 6) is -0.109. The Morgan fingerprint density at radius 3 is 2.60 bits per heavy atom. The van der Waals surface area contributed by atoms with E-state index in [-0.39, 0.29) is 5.91 Å². The molecule has 2 N–H and O–H groups in total. The van der Waals surface area contributed by atoms with E-state index in [9.17, 15) is 4.79 Å². The van der Waals surface area contributed by atoms with Gasteiger partial charge in [-0.1, -0.05) is 23.2 Å². The summed E-state index contributed by atoms with van der Waals surface area (Å²) in [6.45, 7) is 3.04. The number of benzene rings is 1. The number of carbonyl (C=O) groups is 1. The summed E-state index contributed by atoms with van der Waals surface area (Å²) in [6, 6.07) is 8.67. The summed E-state index contributed by atoms with van der Waals surface area (Å²) in [5.41, 5.74) is 6.64. The van der Waals surface area contributed by atoms with E-state index in [4.69, 9.17) is 28.9 Å². The number of nitrogens with zero attached hydrogens (tertiary/aromatic N) is 1. The summed E-state index contributed by atoms with van der Waals surface area (Å²) in [5, 5.41) is 0.373. The van der Waals surface area contributed by atoms with Crippen LogP contribution in [0.4, 0.5) is 5.69 Å². The van der Waals surface area contributed by atoms with Crippen molar-refractivity contribution in [3.8, 4) is 0 Å². The van der Waals surface area contributed by atoms with E-state index >= 15 is 0 Å². The van der Waals surface area contributed by atoms with Crippen LogP contribution in [0.25, 0.3) is 0 Å². The van der Waals surface area contributed by atoms with E-state index in [2.05, 4.69) is 0 Å². The zero-order valence-electron chi connectivity index (χ0n) is 10.9. The third-order valence-corrected chi connectivity index (χ3v) is 4.40. The number of hydrogen-bond acceptors (Lipinski definition) is 3. The Labute approximate surface area is 131 Å². The molecule has 3 nitrogen and oxygen atoms in total. The maximum Gasteiger partial charge on any atom is 0.255 e. The second kappa shape index (κ2) is 6.48. The van der Waals surface area contributed by atoms with Crippen LogP contribution in [0.3, 0.4) is 0 Å². The van der Waals surface area contributed by atoms with Crippen molar-refractivity contribution in [1.82, 2.24) is 4.90 Å². The summed E-state index contributed by atoms with van der Waals surface area (Å²) < 4.78 is 0.717. The van der Waals surface area contributed by atoms with E-state index in [0.29, 0.717) is 33.7 Å². The lowest BCUT2D eigenvalue weighted by Crippen LogP contribution is -2.30. The minimum Gasteiger partial charge on any atom is -0.399 e. The average Bonchev–Trinajstić information content (AvgIpc) is 2.81. The van der Waals surface area contributed by atoms with Gasteiger partial charge in [0.1, 0.15) is 0 Å². The molecule has 1 amide bonds. The third kappa shape index (κ3) is 3.45. The molecule has 1 aromatic carbocycles. The summed E-state index contributed by atoms with van der Waals surface area (Å²) >= 11 is 13.5. The van der Waals surface area contributed by atoms with E-state index in [1.807, 2.05) is 19.1 Å². The van der Waals surface area contributed by atoms with Crippen LogP contribution in [-0.2, 0) is 6.54 Å². The Hall–Kier alpha value is -1.23. The van der Waals surface area contributed by atoms with Crippen LogP contribution < -0.4 is 5.73 Å². The van der Waals surface area contributed by atoms with Gasteiger partial charge in [0.2, 0.25) is 0 Å². The first-order chi connectivity index (χ1) is 9.51. The molecule has 0 saturated carbocycles. The first-order valence-electron chi connectivity index (χ1n) is 6.09. The molecule has 0 saturated heterocycles. The fourth-order valence-corrected chi connectivity index (χ4v) is 3.20. The summed E-state index contributed by atoms with van der Waals surface area (Å²) in [7, 11) is 0. The van der Waals surface area contributed by atoms with Crippen LogP contribution in [0.2, 0.25) is 9.36 Å². The van der Waals surface area contributed by atoms with Gasteiger partial charge in [-0.3, -0.25) is 4.79 Å². The van der Waals surface area contributed by atoms with Crippen molar-refractivity contribution >= 4 is 46.1 Å². The molecular weight excluding hydrogens is 315 g/mol. The van der Waals surface area contributed by atoms with Gasteiger partial charge in [-0.2, -0.15) is 0 Å². The van der Waals surface area contributed by atoms with Crippen LogP contribution in [0.1, 0.15) is 22.2 Å². The molecule has 0 radical (unpaired) electrons. The molecule has 2 rings (SSSR count). The van der Waals surface area contributed by atoms with Crippen molar-refractivity contribution < 1.29 is 4.79 Å². The number of amides is 1. The largest absolute Gasteiger partial charge is 0.399 e. The van der Waals surface area contributed by atoms with Crippen LogP contribution in [0.5, 0.6) is 0 Å². The number of carbonyl (C=O) groups excluding carboxylic acids is 1. The maximum atomic E-state index is 12.5. The number of halogens is 2. The van der Waals surface area contributed by atoms with Gasteiger partial charge in [-0.25, -0.2) is 0 Å². The highest BCUT2D eigenvalue weighted by Gasteiger charge is 2.18. The number of rotatable bonds is 4. The fourth-order valence-electron chi connectivity index (χ4n) is 1.83. The first kappa shape index (κ1) is 15.2. The lowest BCUT2D eigenvalue weighted by molar-refractivity contribution is 0.0754. The Morgan fingerprint density at radius 2 is 2.05 bits per heavy atom. The maximum absolute atomic E-state index is 12.5. The van der Waals surface area contributed by atoms with Gasteiger partial charge in [-0.15, -0.1) is 11.3 Å². The molecule has 0 aliphatic heterocycles. The van der Waals surface area contributed by atoms with Crippen molar-refractivity contribution in [2.24, 2.45) is 0 Å². The standard InChI is InChI=1S/C14H14Cl2N2OS/c1-2-18(8-10-4-6-13(16)20-10)14(19)11-5-3-9(17)7-12(11)15/h3-7H,2,8,17H2,1H3. The second-order valence-electron chi connectivity index (χ2n) is 4.26. The Bertz CT molecular complexity index is 627. The van der Waals surface area contributed by atoms with Gasteiger partial charge in [0, 0.05) is 17.1 Å². The van der Waals surface area contributed by atoms with Crippen molar-refractivity contribution in [3.63, 3.8) is 0 Å². The van der Waals surface area contributed by atoms with Crippen molar-refractivity contribution in [2.75, 3.05) is 12.3 Å². The highest BCUT2D eigenvalue weighted by atomic mass is 35.5. The fraction of sp³-hybridized carbons (Fsp3) is 0.214. The van der Waals surface area contributed by atoms with Crippen molar-refractivity contribution in [2.45, 2.75) is 13.5 Å². The van der Waals surface area contributed by atoms with Gasteiger partial charge in [0.15, 0.2) is 0 Å². The monoisotopic (exact) mass is 328 g/mol. The smallest absolute Gasteiger partial charge is 0.255 e. The number of nitrogen functional groups attached to an aromatic ring is 1. The molecule has 1 heterocycles. The summed E-state index contributed by atoms with van der Waals surface area (Å²) in [6.07, 6.45) is 0. The average molecular weight is 329 g/mol. The Balaban J connectivity index is 2.20. The van der Waals surface area contributed by atoms with Gasteiger partial charge in [0.25, 0.3) is 5.91 Å². The number of hydrogen-bond donors (Lipinski definition) is 1. The Kier molecular flexibility index (Phi) is 4.91.